The summed E-state index contributed by atoms with van der Waals surface area (Å²) in [5, 5.41) is 3.22. The predicted octanol–water partition coefficient (Wildman–Crippen LogP) is 2.13. The van der Waals surface area contributed by atoms with Crippen molar-refractivity contribution in [3.63, 3.8) is 0 Å². The third-order valence-electron chi connectivity index (χ3n) is 2.67. The first-order chi connectivity index (χ1) is 8.81. The number of nitrogens with one attached hydrogen (secondary N) is 1. The summed E-state index contributed by atoms with van der Waals surface area (Å²) in [5.74, 6) is 2.37. The molecule has 5 nitrogen and oxygen atoms in total. The van der Waals surface area contributed by atoms with E-state index in [9.17, 15) is 0 Å². The van der Waals surface area contributed by atoms with E-state index in [-0.39, 0.29) is 0 Å². The number of rotatable bonds is 3. The molecule has 0 radical (unpaired) electrons. The fourth-order valence-corrected chi connectivity index (χ4v) is 1.79. The number of anilines is 1. The molecule has 2 heterocycles. The largest absolute Gasteiger partial charge is 0.454 e. The molecule has 0 bridgehead atoms. The van der Waals surface area contributed by atoms with Crippen LogP contribution in [-0.2, 0) is 6.54 Å². The van der Waals surface area contributed by atoms with Crippen molar-refractivity contribution in [1.82, 2.24) is 9.97 Å². The number of ether oxygens (including phenoxy) is 2. The van der Waals surface area contributed by atoms with Crippen LogP contribution in [0.4, 0.5) is 5.82 Å². The smallest absolute Gasteiger partial charge is 0.231 e. The van der Waals surface area contributed by atoms with E-state index >= 15 is 0 Å². The molecule has 0 fully saturated rings. The molecule has 1 aromatic carbocycles. The Hall–Kier alpha value is -2.30. The van der Waals surface area contributed by atoms with Gasteiger partial charge in [0.25, 0.3) is 0 Å². The average molecular weight is 243 g/mol. The fourth-order valence-electron chi connectivity index (χ4n) is 1.79. The number of aromatic nitrogens is 2. The zero-order chi connectivity index (χ0) is 12.4. The minimum Gasteiger partial charge on any atom is -0.454 e. The molecule has 3 rings (SSSR count). The summed E-state index contributed by atoms with van der Waals surface area (Å²) in [6.07, 6.45) is 3.44. The van der Waals surface area contributed by atoms with Gasteiger partial charge in [-0.3, -0.25) is 4.98 Å². The van der Waals surface area contributed by atoms with Gasteiger partial charge >= 0.3 is 0 Å². The first-order valence-corrected chi connectivity index (χ1v) is 5.72. The molecule has 1 aliphatic heterocycles. The van der Waals surface area contributed by atoms with Crippen molar-refractivity contribution >= 4 is 5.82 Å². The molecular formula is C13H13N3O2. The van der Waals surface area contributed by atoms with E-state index in [1.54, 1.807) is 12.4 Å². The van der Waals surface area contributed by atoms with Crippen molar-refractivity contribution in [2.75, 3.05) is 12.1 Å². The van der Waals surface area contributed by atoms with Gasteiger partial charge < -0.3 is 14.8 Å². The molecule has 5 heteroatoms. The quantitative estimate of drug-likeness (QED) is 0.894. The van der Waals surface area contributed by atoms with Gasteiger partial charge in [0, 0.05) is 12.7 Å². The number of hydrogen-bond acceptors (Lipinski definition) is 5. The van der Waals surface area contributed by atoms with Gasteiger partial charge in [0.05, 0.1) is 11.9 Å². The molecule has 2 aromatic rings. The summed E-state index contributed by atoms with van der Waals surface area (Å²) in [6.45, 7) is 2.89. The SMILES string of the molecule is Cc1cncc(NCc2ccc3c(c2)OCO3)n1. The molecule has 1 aromatic heterocycles. The van der Waals surface area contributed by atoms with E-state index in [2.05, 4.69) is 15.3 Å². The normalized spacial score (nSPS) is 12.5. The summed E-state index contributed by atoms with van der Waals surface area (Å²) < 4.78 is 10.6. The summed E-state index contributed by atoms with van der Waals surface area (Å²) in [6, 6.07) is 5.89. The minimum atomic E-state index is 0.301. The number of aryl methyl sites for hydroxylation is 1. The molecule has 0 unspecified atom stereocenters. The van der Waals surface area contributed by atoms with Gasteiger partial charge in [-0.1, -0.05) is 6.07 Å². The van der Waals surface area contributed by atoms with E-state index in [0.29, 0.717) is 13.3 Å². The molecule has 0 amide bonds. The molecule has 0 saturated heterocycles. The summed E-state index contributed by atoms with van der Waals surface area (Å²) in [4.78, 5) is 8.42. The molecule has 1 aliphatic rings. The Labute approximate surface area is 105 Å². The van der Waals surface area contributed by atoms with Gasteiger partial charge in [-0.15, -0.1) is 0 Å². The van der Waals surface area contributed by atoms with Crippen LogP contribution < -0.4 is 14.8 Å². The number of fused-ring (bicyclic) bond motifs is 1. The lowest BCUT2D eigenvalue weighted by molar-refractivity contribution is 0.174. The zero-order valence-electron chi connectivity index (χ0n) is 10.0. The van der Waals surface area contributed by atoms with Crippen molar-refractivity contribution in [2.45, 2.75) is 13.5 Å². The highest BCUT2D eigenvalue weighted by Crippen LogP contribution is 2.32. The van der Waals surface area contributed by atoms with E-state index in [1.165, 1.54) is 0 Å². The van der Waals surface area contributed by atoms with Gasteiger partial charge in [-0.25, -0.2) is 4.98 Å². The molecule has 0 atom stereocenters. The molecule has 92 valence electrons. The second kappa shape index (κ2) is 4.52. The third kappa shape index (κ3) is 2.20. The number of nitrogens with zero attached hydrogens (tertiary/aromatic N) is 2. The van der Waals surface area contributed by atoms with E-state index in [4.69, 9.17) is 9.47 Å². The maximum Gasteiger partial charge on any atom is 0.231 e. The lowest BCUT2D eigenvalue weighted by Crippen LogP contribution is -2.02. The Kier molecular flexibility index (Phi) is 2.72. The van der Waals surface area contributed by atoms with Crippen LogP contribution in [0.2, 0.25) is 0 Å². The van der Waals surface area contributed by atoms with Crippen LogP contribution >= 0.6 is 0 Å². The zero-order valence-corrected chi connectivity index (χ0v) is 10.0. The maximum atomic E-state index is 5.33. The first-order valence-electron chi connectivity index (χ1n) is 5.72. The van der Waals surface area contributed by atoms with E-state index in [1.807, 2.05) is 25.1 Å². The highest BCUT2D eigenvalue weighted by Gasteiger charge is 2.12. The van der Waals surface area contributed by atoms with Crippen LogP contribution in [-0.4, -0.2) is 16.8 Å². The second-order valence-electron chi connectivity index (χ2n) is 4.09. The third-order valence-corrected chi connectivity index (χ3v) is 2.67. The standard InChI is InChI=1S/C13H13N3O2/c1-9-5-14-7-13(16-9)15-6-10-2-3-11-12(4-10)18-8-17-11/h2-5,7H,6,8H2,1H3,(H,15,16). The molecule has 1 N–H and O–H groups in total. The molecule has 0 spiro atoms. The number of benzene rings is 1. The highest BCUT2D eigenvalue weighted by atomic mass is 16.7. The number of hydrogen-bond donors (Lipinski definition) is 1. The van der Waals surface area contributed by atoms with Gasteiger partial charge in [-0.2, -0.15) is 0 Å². The van der Waals surface area contributed by atoms with Gasteiger partial charge in [0.15, 0.2) is 11.5 Å². The monoisotopic (exact) mass is 243 g/mol. The summed E-state index contributed by atoms with van der Waals surface area (Å²) >= 11 is 0. The summed E-state index contributed by atoms with van der Waals surface area (Å²) in [5.41, 5.74) is 2.01. The Morgan fingerprint density at radius 2 is 2.11 bits per heavy atom. The molecule has 0 aliphatic carbocycles. The fraction of sp³-hybridized carbons (Fsp3) is 0.231. The van der Waals surface area contributed by atoms with Crippen LogP contribution in [0, 0.1) is 6.92 Å². The van der Waals surface area contributed by atoms with Crippen LogP contribution in [0.15, 0.2) is 30.6 Å². The van der Waals surface area contributed by atoms with Gasteiger partial charge in [-0.05, 0) is 24.6 Å². The Morgan fingerprint density at radius 1 is 1.22 bits per heavy atom. The van der Waals surface area contributed by atoms with Crippen molar-refractivity contribution < 1.29 is 9.47 Å². The molecule has 18 heavy (non-hydrogen) atoms. The minimum absolute atomic E-state index is 0.301. The predicted molar refractivity (Wildman–Crippen MR) is 66.7 cm³/mol. The van der Waals surface area contributed by atoms with Crippen molar-refractivity contribution in [2.24, 2.45) is 0 Å². The van der Waals surface area contributed by atoms with Crippen LogP contribution in [0.25, 0.3) is 0 Å². The topological polar surface area (TPSA) is 56.3 Å². The molecular weight excluding hydrogens is 230 g/mol. The average Bonchev–Trinajstić information content (AvgIpc) is 2.84. The Morgan fingerprint density at radius 3 is 3.00 bits per heavy atom. The molecule has 0 saturated carbocycles. The second-order valence-corrected chi connectivity index (χ2v) is 4.09. The lowest BCUT2D eigenvalue weighted by Gasteiger charge is -2.06. The van der Waals surface area contributed by atoms with Crippen LogP contribution in [0.3, 0.4) is 0 Å². The summed E-state index contributed by atoms with van der Waals surface area (Å²) in [7, 11) is 0. The van der Waals surface area contributed by atoms with Crippen LogP contribution in [0.5, 0.6) is 11.5 Å². The maximum absolute atomic E-state index is 5.33. The van der Waals surface area contributed by atoms with Crippen molar-refractivity contribution in [3.05, 3.63) is 41.9 Å². The van der Waals surface area contributed by atoms with Crippen LogP contribution in [0.1, 0.15) is 11.3 Å². The van der Waals surface area contributed by atoms with Gasteiger partial charge in [0.2, 0.25) is 6.79 Å². The highest BCUT2D eigenvalue weighted by molar-refractivity contribution is 5.45. The van der Waals surface area contributed by atoms with Gasteiger partial charge in [0.1, 0.15) is 5.82 Å². The van der Waals surface area contributed by atoms with E-state index < -0.39 is 0 Å². The Balaban J connectivity index is 1.70. The van der Waals surface area contributed by atoms with E-state index in [0.717, 1.165) is 28.6 Å². The lowest BCUT2D eigenvalue weighted by atomic mass is 10.2. The van der Waals surface area contributed by atoms with Crippen molar-refractivity contribution in [3.8, 4) is 11.5 Å². The van der Waals surface area contributed by atoms with Crippen molar-refractivity contribution in [1.29, 1.82) is 0 Å². The Bertz CT molecular complexity index is 572. The first kappa shape index (κ1) is 10.8.